The van der Waals surface area contributed by atoms with Crippen LogP contribution in [0.2, 0.25) is 0 Å². The minimum atomic E-state index is 0.0419. The van der Waals surface area contributed by atoms with E-state index in [0.29, 0.717) is 26.3 Å². The largest absolute Gasteiger partial charge is 0.378 e. The predicted octanol–water partition coefficient (Wildman–Crippen LogP) is 1.93. The van der Waals surface area contributed by atoms with Gasteiger partial charge in [0.25, 0.3) is 5.91 Å². The van der Waals surface area contributed by atoms with Crippen LogP contribution in [-0.4, -0.2) is 74.1 Å². The second kappa shape index (κ2) is 9.37. The number of fused-ring (bicyclic) bond motifs is 1. The summed E-state index contributed by atoms with van der Waals surface area (Å²) in [5, 5.41) is 3.14. The summed E-state index contributed by atoms with van der Waals surface area (Å²) in [6, 6.07) is 2.03. The van der Waals surface area contributed by atoms with E-state index in [1.54, 1.807) is 11.3 Å². The Hall–Kier alpha value is -1.44. The molecule has 0 bridgehead atoms. The van der Waals surface area contributed by atoms with Crippen LogP contribution in [0, 0.1) is 5.92 Å². The number of ether oxygens (including phenoxy) is 1. The van der Waals surface area contributed by atoms with E-state index in [9.17, 15) is 9.59 Å². The SMILES string of the molecule is O=C(NCCCN1CCCC1)[C@H]1CCc2sc(C(=O)N3CCOCC3)cc2C1. The first-order chi connectivity index (χ1) is 13.7. The van der Waals surface area contributed by atoms with Crippen molar-refractivity contribution in [2.45, 2.75) is 38.5 Å². The summed E-state index contributed by atoms with van der Waals surface area (Å²) < 4.78 is 5.34. The Bertz CT molecular complexity index is 693. The lowest BCUT2D eigenvalue weighted by Gasteiger charge is -2.26. The molecule has 28 heavy (non-hydrogen) atoms. The highest BCUT2D eigenvalue weighted by atomic mass is 32.1. The molecule has 7 heteroatoms. The average Bonchev–Trinajstić information content (AvgIpc) is 3.40. The van der Waals surface area contributed by atoms with Gasteiger partial charge in [-0.05, 0) is 69.8 Å². The normalized spacial score (nSPS) is 22.9. The molecule has 6 nitrogen and oxygen atoms in total. The molecular formula is C21H31N3O3S. The van der Waals surface area contributed by atoms with Crippen molar-refractivity contribution in [1.82, 2.24) is 15.1 Å². The summed E-state index contributed by atoms with van der Waals surface area (Å²) >= 11 is 1.62. The van der Waals surface area contributed by atoms with Gasteiger partial charge in [-0.2, -0.15) is 0 Å². The molecule has 0 unspecified atom stereocenters. The van der Waals surface area contributed by atoms with Gasteiger partial charge in [0.1, 0.15) is 0 Å². The average molecular weight is 406 g/mol. The molecule has 0 spiro atoms. The predicted molar refractivity (Wildman–Crippen MR) is 110 cm³/mol. The zero-order valence-electron chi connectivity index (χ0n) is 16.6. The lowest BCUT2D eigenvalue weighted by Crippen LogP contribution is -2.40. The van der Waals surface area contributed by atoms with Crippen molar-refractivity contribution in [3.05, 3.63) is 21.4 Å². The molecule has 0 radical (unpaired) electrons. The van der Waals surface area contributed by atoms with Gasteiger partial charge in [-0.3, -0.25) is 9.59 Å². The first kappa shape index (κ1) is 19.9. The summed E-state index contributed by atoms with van der Waals surface area (Å²) in [7, 11) is 0. The maximum atomic E-state index is 12.7. The van der Waals surface area contributed by atoms with Gasteiger partial charge in [0, 0.05) is 30.4 Å². The van der Waals surface area contributed by atoms with Crippen LogP contribution >= 0.6 is 11.3 Å². The first-order valence-corrected chi connectivity index (χ1v) is 11.5. The van der Waals surface area contributed by atoms with Gasteiger partial charge in [0.05, 0.1) is 18.1 Å². The monoisotopic (exact) mass is 405 g/mol. The van der Waals surface area contributed by atoms with Crippen molar-refractivity contribution in [1.29, 1.82) is 0 Å². The van der Waals surface area contributed by atoms with Crippen LogP contribution < -0.4 is 5.32 Å². The summed E-state index contributed by atoms with van der Waals surface area (Å²) in [6.45, 7) is 6.86. The Morgan fingerprint density at radius 1 is 1.18 bits per heavy atom. The van der Waals surface area contributed by atoms with E-state index in [4.69, 9.17) is 4.74 Å². The van der Waals surface area contributed by atoms with Gasteiger partial charge in [0.2, 0.25) is 5.91 Å². The second-order valence-corrected chi connectivity index (χ2v) is 9.23. The third-order valence-electron chi connectivity index (χ3n) is 6.11. The number of carbonyl (C=O) groups excluding carboxylic acids is 2. The van der Waals surface area contributed by atoms with Crippen LogP contribution in [0.1, 0.15) is 45.8 Å². The number of aryl methyl sites for hydroxylation is 1. The Morgan fingerprint density at radius 2 is 1.96 bits per heavy atom. The number of hydrogen-bond acceptors (Lipinski definition) is 5. The number of carbonyl (C=O) groups is 2. The van der Waals surface area contributed by atoms with Crippen molar-refractivity contribution in [3.8, 4) is 0 Å². The number of amides is 2. The van der Waals surface area contributed by atoms with E-state index in [1.165, 1.54) is 36.4 Å². The Balaban J connectivity index is 1.26. The molecule has 0 aromatic carbocycles. The molecule has 2 aliphatic heterocycles. The summed E-state index contributed by atoms with van der Waals surface area (Å²) in [4.78, 5) is 31.8. The third-order valence-corrected chi connectivity index (χ3v) is 7.34. The summed E-state index contributed by atoms with van der Waals surface area (Å²) in [5.41, 5.74) is 1.20. The number of hydrogen-bond donors (Lipinski definition) is 1. The fourth-order valence-electron chi connectivity index (χ4n) is 4.44. The minimum Gasteiger partial charge on any atom is -0.378 e. The van der Waals surface area contributed by atoms with Crippen LogP contribution in [0.4, 0.5) is 0 Å². The highest BCUT2D eigenvalue weighted by molar-refractivity contribution is 7.14. The number of nitrogens with zero attached hydrogens (tertiary/aromatic N) is 2. The van der Waals surface area contributed by atoms with Gasteiger partial charge < -0.3 is 19.9 Å². The van der Waals surface area contributed by atoms with Crippen molar-refractivity contribution >= 4 is 23.2 Å². The number of morpholine rings is 1. The maximum Gasteiger partial charge on any atom is 0.264 e. The molecule has 4 rings (SSSR count). The van der Waals surface area contributed by atoms with Gasteiger partial charge in [-0.15, -0.1) is 11.3 Å². The van der Waals surface area contributed by atoms with Crippen LogP contribution in [0.5, 0.6) is 0 Å². The molecule has 1 N–H and O–H groups in total. The van der Waals surface area contributed by atoms with Crippen LogP contribution in [0.15, 0.2) is 6.07 Å². The van der Waals surface area contributed by atoms with Crippen molar-refractivity contribution < 1.29 is 14.3 Å². The lowest BCUT2D eigenvalue weighted by atomic mass is 9.87. The van der Waals surface area contributed by atoms with E-state index in [1.807, 2.05) is 11.0 Å². The molecule has 3 aliphatic rings. The Morgan fingerprint density at radius 3 is 2.75 bits per heavy atom. The van der Waals surface area contributed by atoms with Crippen molar-refractivity contribution in [3.63, 3.8) is 0 Å². The van der Waals surface area contributed by atoms with Gasteiger partial charge in [-0.25, -0.2) is 0 Å². The number of rotatable bonds is 6. The molecule has 1 atom stereocenters. The van der Waals surface area contributed by atoms with E-state index in [0.717, 1.165) is 43.6 Å². The molecule has 2 fully saturated rings. The maximum absolute atomic E-state index is 12.7. The van der Waals surface area contributed by atoms with Gasteiger partial charge in [-0.1, -0.05) is 0 Å². The Labute approximate surface area is 171 Å². The van der Waals surface area contributed by atoms with Crippen molar-refractivity contribution in [2.75, 3.05) is 52.5 Å². The standard InChI is InChI=1S/C21H31N3O3S/c25-20(22-6-3-9-23-7-1-2-8-23)16-4-5-18-17(14-16)15-19(28-18)21(26)24-10-12-27-13-11-24/h15-16H,1-14H2,(H,22,25)/t16-/m0/s1. The van der Waals surface area contributed by atoms with Crippen LogP contribution in [0.3, 0.4) is 0 Å². The molecule has 2 saturated heterocycles. The zero-order chi connectivity index (χ0) is 19.3. The summed E-state index contributed by atoms with van der Waals surface area (Å²) in [6.07, 6.45) is 6.21. The number of thiophene rings is 1. The zero-order valence-corrected chi connectivity index (χ0v) is 17.4. The molecular weight excluding hydrogens is 374 g/mol. The van der Waals surface area contributed by atoms with Crippen LogP contribution in [0.25, 0.3) is 0 Å². The van der Waals surface area contributed by atoms with Gasteiger partial charge in [0.15, 0.2) is 0 Å². The minimum absolute atomic E-state index is 0.0419. The van der Waals surface area contributed by atoms with E-state index in [-0.39, 0.29) is 17.7 Å². The Kier molecular flexibility index (Phi) is 6.65. The molecule has 3 heterocycles. The van der Waals surface area contributed by atoms with E-state index in [2.05, 4.69) is 10.2 Å². The third kappa shape index (κ3) is 4.75. The van der Waals surface area contributed by atoms with E-state index >= 15 is 0 Å². The number of likely N-dealkylation sites (tertiary alicyclic amines) is 1. The second-order valence-electron chi connectivity index (χ2n) is 8.10. The molecule has 1 aromatic rings. The lowest BCUT2D eigenvalue weighted by molar-refractivity contribution is -0.125. The highest BCUT2D eigenvalue weighted by Crippen LogP contribution is 2.33. The highest BCUT2D eigenvalue weighted by Gasteiger charge is 2.28. The molecule has 1 aromatic heterocycles. The van der Waals surface area contributed by atoms with Crippen molar-refractivity contribution in [2.24, 2.45) is 5.92 Å². The molecule has 1 aliphatic carbocycles. The topological polar surface area (TPSA) is 61.9 Å². The van der Waals surface area contributed by atoms with E-state index < -0.39 is 0 Å². The molecule has 154 valence electrons. The summed E-state index contributed by atoms with van der Waals surface area (Å²) in [5.74, 6) is 0.338. The molecule has 2 amide bonds. The fourth-order valence-corrected chi connectivity index (χ4v) is 5.62. The van der Waals surface area contributed by atoms with Gasteiger partial charge >= 0.3 is 0 Å². The smallest absolute Gasteiger partial charge is 0.264 e. The fraction of sp³-hybridized carbons (Fsp3) is 0.714. The first-order valence-electron chi connectivity index (χ1n) is 10.7. The quantitative estimate of drug-likeness (QED) is 0.735. The van der Waals surface area contributed by atoms with Crippen LogP contribution in [-0.2, 0) is 22.4 Å². The molecule has 0 saturated carbocycles. The number of nitrogens with one attached hydrogen (secondary N) is 1.